The van der Waals surface area contributed by atoms with Crippen LogP contribution in [0.5, 0.6) is 0 Å². The van der Waals surface area contributed by atoms with Crippen LogP contribution in [-0.2, 0) is 36.7 Å². The van der Waals surface area contributed by atoms with Gasteiger partial charge in [0.2, 0.25) is 0 Å². The number of ether oxygens (including phenoxy) is 1. The van der Waals surface area contributed by atoms with Crippen molar-refractivity contribution in [2.45, 2.75) is 6.42 Å². The van der Waals surface area contributed by atoms with E-state index < -0.39 is 11.9 Å². The van der Waals surface area contributed by atoms with Crippen LogP contribution in [0.4, 0.5) is 0 Å². The monoisotopic (exact) mass is 325 g/mol. The molecule has 0 amide bonds. The molecule has 5 heteroatoms. The Bertz CT molecular complexity index is 155. The van der Waals surface area contributed by atoms with E-state index in [9.17, 15) is 9.59 Å². The zero-order valence-corrected chi connectivity index (χ0v) is 9.03. The Hall–Kier alpha value is -0.580. The zero-order chi connectivity index (χ0) is 7.98. The molecule has 61 valence electrons. The summed E-state index contributed by atoms with van der Waals surface area (Å²) in [6, 6.07) is 0. The van der Waals surface area contributed by atoms with Crippen molar-refractivity contribution in [2.24, 2.45) is 0 Å². The number of hydrogen-bond donors (Lipinski definition) is 1. The second-order valence-corrected chi connectivity index (χ2v) is 1.52. The molecule has 0 unspecified atom stereocenters. The van der Waals surface area contributed by atoms with E-state index in [0.29, 0.717) is 0 Å². The second kappa shape index (κ2) is 7.53. The Balaban J connectivity index is 0. The van der Waals surface area contributed by atoms with E-state index in [-0.39, 0.29) is 35.4 Å². The number of carbonyl (C=O) groups is 2. The van der Waals surface area contributed by atoms with Crippen molar-refractivity contribution in [2.75, 3.05) is 6.61 Å². The fourth-order valence-corrected chi connectivity index (χ4v) is 0.298. The Labute approximate surface area is 79.7 Å². The van der Waals surface area contributed by atoms with Crippen LogP contribution in [0.3, 0.4) is 0 Å². The Morgan fingerprint density at radius 2 is 2.09 bits per heavy atom. The van der Waals surface area contributed by atoms with Crippen LogP contribution >= 0.6 is 0 Å². The average molecular weight is 325 g/mol. The molecule has 1 radical (unpaired) electrons. The number of esters is 1. The molecule has 0 bridgehead atoms. The third-order valence-corrected chi connectivity index (χ3v) is 0.727. The number of hydrogen-bond acceptors (Lipinski definition) is 3. The first-order valence-electron chi connectivity index (χ1n) is 2.68. The molecule has 0 fully saturated rings. The van der Waals surface area contributed by atoms with Crippen LogP contribution in [0.1, 0.15) is 6.42 Å². The Kier molecular flexibility index (Phi) is 8.92. The van der Waals surface area contributed by atoms with Gasteiger partial charge in [0.25, 0.3) is 0 Å². The maximum Gasteiger partial charge on any atom is 0.330 e. The van der Waals surface area contributed by atoms with Crippen LogP contribution in [0.15, 0.2) is 12.7 Å². The number of aliphatic carboxylic acids is 1. The van der Waals surface area contributed by atoms with Crippen LogP contribution < -0.4 is 0 Å². The summed E-state index contributed by atoms with van der Waals surface area (Å²) in [6.07, 6.45) is 0.821. The maximum absolute atomic E-state index is 10.3. The summed E-state index contributed by atoms with van der Waals surface area (Å²) >= 11 is 0. The van der Waals surface area contributed by atoms with E-state index >= 15 is 0 Å². The fraction of sp³-hybridized carbons (Fsp3) is 0.333. The molecule has 0 saturated heterocycles. The molecule has 0 aliphatic carbocycles. The normalized spacial score (nSPS) is 7.64. The van der Waals surface area contributed by atoms with Crippen LogP contribution in [-0.4, -0.2) is 23.7 Å². The summed E-state index contributed by atoms with van der Waals surface area (Å²) < 4.78 is 4.36. The molecule has 0 aromatic rings. The smallest absolute Gasteiger partial charge is 0.330 e. The molecule has 0 spiro atoms. The molecular formula is C6H8O4Ta. The van der Waals surface area contributed by atoms with Gasteiger partial charge in [0.15, 0.2) is 0 Å². The maximum atomic E-state index is 10.3. The Morgan fingerprint density at radius 3 is 2.45 bits per heavy atom. The van der Waals surface area contributed by atoms with Gasteiger partial charge >= 0.3 is 11.9 Å². The third-order valence-electron chi connectivity index (χ3n) is 0.727. The van der Waals surface area contributed by atoms with E-state index in [1.807, 2.05) is 0 Å². The molecule has 0 saturated carbocycles. The van der Waals surface area contributed by atoms with Gasteiger partial charge in [-0.25, -0.2) is 4.79 Å². The predicted molar refractivity (Wildman–Crippen MR) is 33.4 cm³/mol. The largest absolute Gasteiger partial charge is 0.481 e. The van der Waals surface area contributed by atoms with Crippen LogP contribution in [0, 0.1) is 0 Å². The van der Waals surface area contributed by atoms with Crippen molar-refractivity contribution in [3.05, 3.63) is 12.7 Å². The predicted octanol–water partition coefficient (Wildman–Crippen LogP) is 0.188. The van der Waals surface area contributed by atoms with Gasteiger partial charge in [0, 0.05) is 28.5 Å². The molecule has 0 atom stereocenters. The van der Waals surface area contributed by atoms with Crippen molar-refractivity contribution in [1.82, 2.24) is 0 Å². The quantitative estimate of drug-likeness (QED) is 0.592. The zero-order valence-electron chi connectivity index (χ0n) is 5.82. The minimum atomic E-state index is -0.989. The molecule has 0 aliphatic heterocycles. The van der Waals surface area contributed by atoms with E-state index in [2.05, 4.69) is 11.3 Å². The molecule has 0 aromatic heterocycles. The van der Waals surface area contributed by atoms with Crippen molar-refractivity contribution < 1.29 is 41.8 Å². The van der Waals surface area contributed by atoms with Crippen LogP contribution in [0.2, 0.25) is 0 Å². The minimum Gasteiger partial charge on any atom is -0.481 e. The van der Waals surface area contributed by atoms with Gasteiger partial charge < -0.3 is 9.84 Å². The van der Waals surface area contributed by atoms with Gasteiger partial charge in [0.05, 0.1) is 6.42 Å². The van der Waals surface area contributed by atoms with Gasteiger partial charge in [-0.2, -0.15) is 0 Å². The molecule has 0 aromatic carbocycles. The summed E-state index contributed by atoms with van der Waals surface area (Å²) in [7, 11) is 0. The van der Waals surface area contributed by atoms with Crippen molar-refractivity contribution in [1.29, 1.82) is 0 Å². The average Bonchev–Trinajstić information content (AvgIpc) is 1.87. The van der Waals surface area contributed by atoms with Crippen molar-refractivity contribution in [3.8, 4) is 0 Å². The third kappa shape index (κ3) is 9.42. The van der Waals surface area contributed by atoms with Crippen LogP contribution in [0.25, 0.3) is 0 Å². The summed E-state index contributed by atoms with van der Waals surface area (Å²) in [5.74, 6) is -1.59. The van der Waals surface area contributed by atoms with E-state index in [1.165, 1.54) is 0 Å². The first kappa shape index (κ1) is 13.0. The van der Waals surface area contributed by atoms with Gasteiger partial charge in [-0.1, -0.05) is 6.58 Å². The van der Waals surface area contributed by atoms with Gasteiger partial charge in [-0.3, -0.25) is 4.79 Å². The fourth-order valence-electron chi connectivity index (χ4n) is 0.298. The molecule has 4 nitrogen and oxygen atoms in total. The second-order valence-electron chi connectivity index (χ2n) is 1.52. The first-order chi connectivity index (χ1) is 4.66. The molecule has 0 heterocycles. The van der Waals surface area contributed by atoms with E-state index in [1.54, 1.807) is 0 Å². The first-order valence-corrected chi connectivity index (χ1v) is 2.68. The number of carbonyl (C=O) groups excluding carboxylic acids is 1. The number of carboxylic acids is 1. The molecular weight excluding hydrogens is 317 g/mol. The van der Waals surface area contributed by atoms with Gasteiger partial charge in [-0.05, 0) is 0 Å². The molecule has 1 N–H and O–H groups in total. The molecule has 11 heavy (non-hydrogen) atoms. The summed E-state index contributed by atoms with van der Waals surface area (Å²) in [5.41, 5.74) is 0. The number of rotatable bonds is 4. The SMILES string of the molecule is C=CC(=O)OCCC(=O)O.[Ta]. The van der Waals surface area contributed by atoms with E-state index in [4.69, 9.17) is 5.11 Å². The topological polar surface area (TPSA) is 63.6 Å². The minimum absolute atomic E-state index is 0. The van der Waals surface area contributed by atoms with E-state index in [0.717, 1.165) is 6.08 Å². The Morgan fingerprint density at radius 1 is 1.55 bits per heavy atom. The molecule has 0 rings (SSSR count). The van der Waals surface area contributed by atoms with Gasteiger partial charge in [-0.15, -0.1) is 0 Å². The van der Waals surface area contributed by atoms with Gasteiger partial charge in [0.1, 0.15) is 6.61 Å². The summed E-state index contributed by atoms with van der Waals surface area (Å²) in [5, 5.41) is 8.08. The molecule has 0 aliphatic rings. The summed E-state index contributed by atoms with van der Waals surface area (Å²) in [4.78, 5) is 20.1. The van der Waals surface area contributed by atoms with Crippen molar-refractivity contribution in [3.63, 3.8) is 0 Å². The summed E-state index contributed by atoms with van der Waals surface area (Å²) in [6.45, 7) is 3.04. The standard InChI is InChI=1S/C6H8O4.Ta/c1-2-6(9)10-4-3-5(7)8;/h2H,1,3-4H2,(H,7,8);. The number of carboxylic acid groups (broad SMARTS) is 1. The van der Waals surface area contributed by atoms with Crippen molar-refractivity contribution >= 4 is 11.9 Å².